The summed E-state index contributed by atoms with van der Waals surface area (Å²) in [7, 11) is 0.362. The van der Waals surface area contributed by atoms with Crippen molar-refractivity contribution in [1.82, 2.24) is 0 Å². The Morgan fingerprint density at radius 1 is 1.13 bits per heavy atom. The topological polar surface area (TPSA) is 52.6 Å². The van der Waals surface area contributed by atoms with Crippen LogP contribution in [0.4, 0.5) is 0 Å². The van der Waals surface area contributed by atoms with E-state index in [0.717, 1.165) is 0 Å². The lowest BCUT2D eigenvalue weighted by Gasteiger charge is -2.02. The number of hydrogen-bond acceptors (Lipinski definition) is 4. The second kappa shape index (κ2) is 5.31. The molecule has 0 atom stereocenters. The van der Waals surface area contributed by atoms with Crippen molar-refractivity contribution in [2.75, 3.05) is 6.61 Å². The van der Waals surface area contributed by atoms with Gasteiger partial charge in [0.15, 0.2) is 0 Å². The predicted molar refractivity (Wildman–Crippen MR) is 57.8 cm³/mol. The molecule has 80 valence electrons. The number of carbonyl (C=O) groups is 2. The highest BCUT2D eigenvalue weighted by molar-refractivity contribution is 6.09. The Morgan fingerprint density at radius 2 is 1.60 bits per heavy atom. The van der Waals surface area contributed by atoms with Gasteiger partial charge in [0, 0.05) is 0 Å². The van der Waals surface area contributed by atoms with E-state index in [1.807, 2.05) is 0 Å². The molecule has 0 spiro atoms. The monoisotopic (exact) mass is 224 g/mol. The highest BCUT2D eigenvalue weighted by Gasteiger charge is 2.08. The number of carbonyl (C=O) groups excluding carboxylic acids is 2. The van der Waals surface area contributed by atoms with Gasteiger partial charge in [-0.05, 0) is 31.2 Å². The fourth-order valence-electron chi connectivity index (χ4n) is 1.07. The maximum Gasteiger partial charge on any atom is 0.338 e. The zero-order chi connectivity index (χ0) is 11.3. The van der Waals surface area contributed by atoms with Crippen molar-refractivity contribution in [2.24, 2.45) is 0 Å². The van der Waals surface area contributed by atoms with Gasteiger partial charge in [0.25, 0.3) is 0 Å². The first kappa shape index (κ1) is 11.5. The molecule has 0 unspecified atom stereocenters. The number of rotatable bonds is 3. The van der Waals surface area contributed by atoms with Crippen LogP contribution in [0.5, 0.6) is 0 Å². The van der Waals surface area contributed by atoms with Gasteiger partial charge in [-0.25, -0.2) is 9.59 Å². The lowest BCUT2D eigenvalue weighted by molar-refractivity contribution is 0.0525. The second-order valence-electron chi connectivity index (χ2n) is 2.79. The van der Waals surface area contributed by atoms with E-state index in [-0.39, 0.29) is 11.9 Å². The van der Waals surface area contributed by atoms with Gasteiger partial charge >= 0.3 is 11.9 Å². The lowest BCUT2D eigenvalue weighted by atomic mass is 10.1. The third kappa shape index (κ3) is 2.92. The quantitative estimate of drug-likeness (QED) is 0.547. The van der Waals surface area contributed by atoms with Crippen LogP contribution in [-0.4, -0.2) is 29.0 Å². The Hall–Kier alpha value is -1.62. The molecule has 0 bridgehead atoms. The number of esters is 1. The minimum Gasteiger partial charge on any atom is -0.525 e. The minimum atomic E-state index is -0.386. The van der Waals surface area contributed by atoms with Crippen molar-refractivity contribution in [3.8, 4) is 0 Å². The van der Waals surface area contributed by atoms with Crippen molar-refractivity contribution in [3.63, 3.8) is 0 Å². The second-order valence-corrected chi connectivity index (χ2v) is 3.20. The van der Waals surface area contributed by atoms with Crippen molar-refractivity contribution in [3.05, 3.63) is 35.4 Å². The van der Waals surface area contributed by atoms with Crippen LogP contribution in [0.15, 0.2) is 24.3 Å². The van der Waals surface area contributed by atoms with Crippen LogP contribution in [0.25, 0.3) is 0 Å². The minimum absolute atomic E-state index is 0.336. The molecule has 0 fully saturated rings. The van der Waals surface area contributed by atoms with E-state index in [0.29, 0.717) is 28.2 Å². The summed E-state index contributed by atoms with van der Waals surface area (Å²) in [5, 5.41) is 0. The molecule has 0 aromatic heterocycles. The maximum atomic E-state index is 11.3. The molecule has 1 aromatic carbocycles. The zero-order valence-corrected chi connectivity index (χ0v) is 10.6. The van der Waals surface area contributed by atoms with Crippen molar-refractivity contribution in [1.29, 1.82) is 0 Å². The fourth-order valence-corrected chi connectivity index (χ4v) is 1.31. The summed E-state index contributed by atoms with van der Waals surface area (Å²) in [6.45, 7) is 2.08. The molecular formula is C10H12O4Si. The van der Waals surface area contributed by atoms with Gasteiger partial charge in [-0.1, -0.05) is 0 Å². The van der Waals surface area contributed by atoms with Crippen LogP contribution in [0, 0.1) is 0 Å². The standard InChI is InChI=1S/C10H12O4Si/c1-2-13-9(11)7-3-5-8(6-4-7)10(12)14-15/h3-6H,2H2,1,15H3. The van der Waals surface area contributed by atoms with Crippen LogP contribution in [0.2, 0.25) is 0 Å². The first-order valence-corrected chi connectivity index (χ1v) is 5.36. The number of benzene rings is 1. The SMILES string of the molecule is CCOC(=O)c1ccc(C(=O)O[SiH3])cc1. The Balaban J connectivity index is 2.80. The predicted octanol–water partition coefficient (Wildman–Crippen LogP) is 0.300. The van der Waals surface area contributed by atoms with Crippen LogP contribution in [0.1, 0.15) is 27.6 Å². The molecule has 4 nitrogen and oxygen atoms in total. The molecule has 0 saturated carbocycles. The normalized spacial score (nSPS) is 9.67. The molecule has 0 amide bonds. The van der Waals surface area contributed by atoms with E-state index in [1.165, 1.54) is 0 Å². The molecule has 15 heavy (non-hydrogen) atoms. The summed E-state index contributed by atoms with van der Waals surface area (Å²) in [5.74, 6) is -0.750. The Labute approximate surface area is 90.7 Å². The summed E-state index contributed by atoms with van der Waals surface area (Å²) >= 11 is 0. The smallest absolute Gasteiger partial charge is 0.338 e. The first-order chi connectivity index (χ1) is 7.19. The van der Waals surface area contributed by atoms with Crippen LogP contribution in [-0.2, 0) is 9.16 Å². The van der Waals surface area contributed by atoms with Crippen molar-refractivity contribution in [2.45, 2.75) is 6.92 Å². The maximum absolute atomic E-state index is 11.3. The Kier molecular flexibility index (Phi) is 4.05. The molecule has 1 rings (SSSR count). The van der Waals surface area contributed by atoms with E-state index < -0.39 is 0 Å². The highest BCUT2D eigenvalue weighted by Crippen LogP contribution is 2.06. The molecule has 0 N–H and O–H groups in total. The summed E-state index contributed by atoms with van der Waals surface area (Å²) in [5.41, 5.74) is 0.875. The van der Waals surface area contributed by atoms with E-state index >= 15 is 0 Å². The summed E-state index contributed by atoms with van der Waals surface area (Å²) in [4.78, 5) is 22.4. The van der Waals surface area contributed by atoms with Crippen LogP contribution in [0.3, 0.4) is 0 Å². The fraction of sp³-hybridized carbons (Fsp3) is 0.200. The third-order valence-corrected chi connectivity index (χ3v) is 2.19. The first-order valence-electron chi connectivity index (χ1n) is 4.54. The number of hydrogen-bond donors (Lipinski definition) is 0. The van der Waals surface area contributed by atoms with Gasteiger partial charge < -0.3 is 9.16 Å². The van der Waals surface area contributed by atoms with Crippen LogP contribution < -0.4 is 0 Å². The van der Waals surface area contributed by atoms with Gasteiger partial charge in [-0.2, -0.15) is 0 Å². The van der Waals surface area contributed by atoms with E-state index in [1.54, 1.807) is 31.2 Å². The summed E-state index contributed by atoms with van der Waals surface area (Å²) < 4.78 is 9.47. The van der Waals surface area contributed by atoms with Gasteiger partial charge in [0.05, 0.1) is 17.7 Å². The largest absolute Gasteiger partial charge is 0.525 e. The zero-order valence-electron chi connectivity index (χ0n) is 8.65. The Morgan fingerprint density at radius 3 is 2.00 bits per heavy atom. The average Bonchev–Trinajstić information content (AvgIpc) is 2.28. The van der Waals surface area contributed by atoms with E-state index in [2.05, 4.69) is 4.43 Å². The molecule has 0 aliphatic heterocycles. The summed E-state index contributed by atoms with van der Waals surface area (Å²) in [6.07, 6.45) is 0. The molecule has 0 saturated heterocycles. The van der Waals surface area contributed by atoms with Crippen molar-refractivity contribution >= 4 is 22.4 Å². The Bertz CT molecular complexity index is 358. The molecule has 0 aliphatic carbocycles. The molecule has 1 aromatic rings. The van der Waals surface area contributed by atoms with Crippen LogP contribution >= 0.6 is 0 Å². The molecule has 0 heterocycles. The molecular weight excluding hydrogens is 212 g/mol. The lowest BCUT2D eigenvalue weighted by Crippen LogP contribution is -2.06. The summed E-state index contributed by atoms with van der Waals surface area (Å²) in [6, 6.07) is 6.19. The average molecular weight is 224 g/mol. The molecule has 0 aliphatic rings. The van der Waals surface area contributed by atoms with E-state index in [9.17, 15) is 9.59 Å². The molecule has 0 radical (unpaired) electrons. The van der Waals surface area contributed by atoms with E-state index in [4.69, 9.17) is 4.74 Å². The third-order valence-electron chi connectivity index (χ3n) is 1.82. The molecule has 5 heteroatoms. The highest BCUT2D eigenvalue weighted by atomic mass is 28.2. The van der Waals surface area contributed by atoms with Crippen molar-refractivity contribution < 1.29 is 18.8 Å². The van der Waals surface area contributed by atoms with Gasteiger partial charge in [0.1, 0.15) is 0 Å². The van der Waals surface area contributed by atoms with Gasteiger partial charge in [-0.15, -0.1) is 0 Å². The number of ether oxygens (including phenoxy) is 1. The van der Waals surface area contributed by atoms with Gasteiger partial charge in [0.2, 0.25) is 10.5 Å². The van der Waals surface area contributed by atoms with Gasteiger partial charge in [-0.3, -0.25) is 0 Å².